The van der Waals surface area contributed by atoms with Gasteiger partial charge in [0.2, 0.25) is 11.7 Å². The van der Waals surface area contributed by atoms with Gasteiger partial charge in [-0.3, -0.25) is 9.59 Å². The predicted molar refractivity (Wildman–Crippen MR) is 157 cm³/mol. The maximum atomic E-state index is 13.3. The van der Waals surface area contributed by atoms with Crippen molar-refractivity contribution in [2.24, 2.45) is 5.73 Å². The number of primary amides is 1. The molecular weight excluding hydrogens is 599 g/mol. The summed E-state index contributed by atoms with van der Waals surface area (Å²) >= 11 is 0. The molecule has 0 aliphatic carbocycles. The minimum Gasteiger partial charge on any atom is -0.577 e. The van der Waals surface area contributed by atoms with Crippen LogP contribution in [0.4, 0.5) is 10.5 Å². The van der Waals surface area contributed by atoms with Gasteiger partial charge in [0.15, 0.2) is 12.2 Å². The van der Waals surface area contributed by atoms with Crippen molar-refractivity contribution in [1.82, 2.24) is 0 Å². The van der Waals surface area contributed by atoms with Crippen LogP contribution in [0.1, 0.15) is 49.2 Å². The summed E-state index contributed by atoms with van der Waals surface area (Å²) in [4.78, 5) is 37.8. The number of phenolic OH excluding ortho intramolecular Hbond substituents is 1. The number of hydrogen-bond donors (Lipinski definition) is 4. The fraction of sp³-hybridized carbons (Fsp3) is 0.387. The molecule has 4 atom stereocenters. The van der Waals surface area contributed by atoms with Crippen LogP contribution >= 0.6 is 0 Å². The molecule has 1 aliphatic rings. The first kappa shape index (κ1) is 35.9. The van der Waals surface area contributed by atoms with E-state index in [2.05, 4.69) is 5.32 Å². The van der Waals surface area contributed by atoms with Crippen molar-refractivity contribution in [2.45, 2.75) is 71.2 Å². The molecule has 1 aliphatic heterocycles. The first-order valence-electron chi connectivity index (χ1n) is 13.7. The van der Waals surface area contributed by atoms with Crippen LogP contribution in [0, 0.1) is 6.92 Å². The fourth-order valence-corrected chi connectivity index (χ4v) is 5.05. The first-order chi connectivity index (χ1) is 20.6. The Labute approximate surface area is 281 Å². The number of phenols is 1. The maximum absolute atomic E-state index is 13.3. The summed E-state index contributed by atoms with van der Waals surface area (Å²) in [6.07, 6.45) is -3.88. The number of carbonyl (C=O) groups is 2. The Bertz CT molecular complexity index is 1680. The average molecular weight is 635 g/mol. The number of nitrogens with two attached hydrogens (primary N) is 1. The van der Waals surface area contributed by atoms with Gasteiger partial charge in [0.1, 0.15) is 23.3 Å². The van der Waals surface area contributed by atoms with Crippen LogP contribution in [-0.4, -0.2) is 59.5 Å². The number of aliphatic hydroxyl groups is 1. The molecule has 1 unspecified atom stereocenters. The summed E-state index contributed by atoms with van der Waals surface area (Å²) in [5.41, 5.74) is 4.50. The molecule has 13 nitrogen and oxygen atoms in total. The Morgan fingerprint density at radius 2 is 1.89 bits per heavy atom. The van der Waals surface area contributed by atoms with E-state index in [4.69, 9.17) is 29.1 Å². The Morgan fingerprint density at radius 3 is 2.51 bits per heavy atom. The quantitative estimate of drug-likeness (QED) is 0.192. The van der Waals surface area contributed by atoms with Crippen molar-refractivity contribution >= 4 is 28.7 Å². The molecule has 1 aromatic heterocycles. The van der Waals surface area contributed by atoms with Crippen molar-refractivity contribution in [3.63, 3.8) is 0 Å². The minimum atomic E-state index is -1.53. The second-order valence-electron chi connectivity index (χ2n) is 11.2. The number of allylic oxidation sites excluding steroid dienone is 2. The zero-order valence-corrected chi connectivity index (χ0v) is 28.1. The van der Waals surface area contributed by atoms with Crippen LogP contribution in [0.5, 0.6) is 17.4 Å². The number of carbonyl (C=O) groups excluding carboxylic acids is 2. The molecule has 5 N–H and O–H groups in total. The SMILES string of the molecule is CO[C@@H]1[C@@H](OC(N)=O)[C@@H](O)C(Oc2ccc3c(=O)c(NC(=O)c4ccc(O)c(CC=C(C)C)c4)c([O-])oc3c2C)OC1(C)C.[Na+]. The number of aryl methyl sites for hydroxylation is 1. The van der Waals surface area contributed by atoms with E-state index in [0.717, 1.165) is 5.57 Å². The molecule has 0 radical (unpaired) electrons. The van der Waals surface area contributed by atoms with E-state index in [9.17, 15) is 29.7 Å². The van der Waals surface area contributed by atoms with Crippen molar-refractivity contribution in [3.05, 3.63) is 68.9 Å². The number of aliphatic hydroxyl groups excluding tert-OH is 1. The zero-order chi connectivity index (χ0) is 32.5. The van der Waals surface area contributed by atoms with Gasteiger partial charge in [0, 0.05) is 29.2 Å². The zero-order valence-electron chi connectivity index (χ0n) is 26.1. The van der Waals surface area contributed by atoms with Crippen LogP contribution in [-0.2, 0) is 20.6 Å². The number of ether oxygens (including phenoxy) is 4. The summed E-state index contributed by atoms with van der Waals surface area (Å²) in [6, 6.07) is 6.96. The molecule has 14 heteroatoms. The van der Waals surface area contributed by atoms with Gasteiger partial charge in [-0.05, 0) is 76.9 Å². The van der Waals surface area contributed by atoms with Crippen LogP contribution < -0.4 is 55.9 Å². The van der Waals surface area contributed by atoms with Crippen LogP contribution in [0.3, 0.4) is 0 Å². The van der Waals surface area contributed by atoms with E-state index in [1.54, 1.807) is 13.8 Å². The van der Waals surface area contributed by atoms with Gasteiger partial charge in [0.25, 0.3) is 5.91 Å². The summed E-state index contributed by atoms with van der Waals surface area (Å²) in [6.45, 7) is 8.63. The predicted octanol–water partition coefficient (Wildman–Crippen LogP) is -0.000880. The van der Waals surface area contributed by atoms with Gasteiger partial charge in [-0.1, -0.05) is 11.6 Å². The van der Waals surface area contributed by atoms with Crippen molar-refractivity contribution in [2.75, 3.05) is 12.4 Å². The van der Waals surface area contributed by atoms with Gasteiger partial charge in [-0.25, -0.2) is 4.79 Å². The van der Waals surface area contributed by atoms with Gasteiger partial charge in [-0.15, -0.1) is 0 Å². The molecule has 1 saturated heterocycles. The number of rotatable bonds is 8. The maximum Gasteiger partial charge on any atom is 1.00 e. The normalized spacial score (nSPS) is 20.5. The van der Waals surface area contributed by atoms with Gasteiger partial charge in [0.05, 0.1) is 11.5 Å². The van der Waals surface area contributed by atoms with Crippen molar-refractivity contribution in [1.29, 1.82) is 0 Å². The van der Waals surface area contributed by atoms with Gasteiger partial charge < -0.3 is 49.7 Å². The molecular formula is C31H35N2NaO11. The Kier molecular flexibility index (Phi) is 11.3. The average Bonchev–Trinajstić information content (AvgIpc) is 2.94. The first-order valence-corrected chi connectivity index (χ1v) is 13.7. The van der Waals surface area contributed by atoms with Gasteiger partial charge in [-0.2, -0.15) is 0 Å². The van der Waals surface area contributed by atoms with E-state index < -0.39 is 59.3 Å². The molecule has 2 amide bonds. The number of nitrogens with one attached hydrogen (secondary N) is 1. The second kappa shape index (κ2) is 14.2. The number of amides is 2. The van der Waals surface area contributed by atoms with Gasteiger partial charge >= 0.3 is 35.7 Å². The summed E-state index contributed by atoms with van der Waals surface area (Å²) in [7, 11) is 1.36. The Balaban J connectivity index is 0.00000552. The number of anilines is 1. The van der Waals surface area contributed by atoms with Crippen LogP contribution in [0.2, 0.25) is 0 Å². The molecule has 0 spiro atoms. The Hall–Kier alpha value is -3.59. The minimum absolute atomic E-state index is 0. The number of hydrogen-bond acceptors (Lipinski definition) is 11. The monoisotopic (exact) mass is 634 g/mol. The third kappa shape index (κ3) is 7.63. The Morgan fingerprint density at radius 1 is 1.20 bits per heavy atom. The fourth-order valence-electron chi connectivity index (χ4n) is 5.05. The molecule has 1 fully saturated rings. The van der Waals surface area contributed by atoms with E-state index in [-0.39, 0.29) is 63.2 Å². The van der Waals surface area contributed by atoms with Crippen molar-refractivity contribution in [3.8, 4) is 17.4 Å². The number of fused-ring (bicyclic) bond motifs is 1. The number of benzene rings is 2. The smallest absolute Gasteiger partial charge is 0.577 e. The summed E-state index contributed by atoms with van der Waals surface area (Å²) in [5.74, 6) is -1.73. The van der Waals surface area contributed by atoms with Crippen LogP contribution in [0.25, 0.3) is 11.0 Å². The molecule has 0 saturated carbocycles. The summed E-state index contributed by atoms with van der Waals surface area (Å²) in [5, 5.41) is 36.3. The van der Waals surface area contributed by atoms with Crippen LogP contribution in [0.15, 0.2) is 51.2 Å². The molecule has 4 rings (SSSR count). The molecule has 45 heavy (non-hydrogen) atoms. The molecule has 0 bridgehead atoms. The second-order valence-corrected chi connectivity index (χ2v) is 11.2. The number of methoxy groups -OCH3 is 1. The van der Waals surface area contributed by atoms with E-state index >= 15 is 0 Å². The molecule has 2 heterocycles. The topological polar surface area (TPSA) is 203 Å². The third-order valence-corrected chi connectivity index (χ3v) is 7.31. The van der Waals surface area contributed by atoms with E-state index in [1.165, 1.54) is 44.4 Å². The molecule has 236 valence electrons. The molecule has 2 aromatic carbocycles. The third-order valence-electron chi connectivity index (χ3n) is 7.31. The summed E-state index contributed by atoms with van der Waals surface area (Å²) < 4.78 is 27.8. The van der Waals surface area contributed by atoms with E-state index in [0.29, 0.717) is 12.0 Å². The largest absolute Gasteiger partial charge is 1.00 e. The van der Waals surface area contributed by atoms with Crippen molar-refractivity contribution < 1.29 is 77.8 Å². The standard InChI is InChI=1S/C31H36N2O11.Na/c1-14(2)7-8-16-13-17(9-11-19(16)34)27(37)33-21-22(35)18-10-12-20(15(3)24(18)42-28(21)38)41-29-23(36)25(43-30(32)39)26(40-6)31(4,5)44-29;/h7,9-13,23,25-26,29,34,36,38H,8H2,1-6H3,(H2,32,39)(H,33,37);/q;+1/p-1/t23-,25+,26-,29?;/m1./s1. The number of aromatic hydroxyl groups is 1. The van der Waals surface area contributed by atoms with E-state index in [1.807, 2.05) is 19.9 Å². The molecule has 3 aromatic rings.